The molecule has 2 heterocycles. The van der Waals surface area contributed by atoms with E-state index in [9.17, 15) is 0 Å². The van der Waals surface area contributed by atoms with Gasteiger partial charge in [-0.15, -0.1) is 0 Å². The molecule has 5 heteroatoms. The third kappa shape index (κ3) is 2.52. The Bertz CT molecular complexity index is 481. The van der Waals surface area contributed by atoms with Crippen LogP contribution in [0.5, 0.6) is 0 Å². The molecule has 15 heavy (non-hydrogen) atoms. The maximum absolute atomic E-state index is 5.84. The Hall–Kier alpha value is -1.00. The van der Waals surface area contributed by atoms with Crippen LogP contribution in [0.3, 0.4) is 0 Å². The maximum Gasteiger partial charge on any atom is 0.130 e. The second-order valence-electron chi connectivity index (χ2n) is 3.22. The molecule has 0 aliphatic rings. The fourth-order valence-corrected chi connectivity index (χ4v) is 2.34. The average Bonchev–Trinajstić information content (AvgIpc) is 2.58. The van der Waals surface area contributed by atoms with Gasteiger partial charge in [-0.1, -0.05) is 23.4 Å². The molecule has 0 aliphatic carbocycles. The number of hydrogen-bond acceptors (Lipinski definition) is 3. The normalized spacial score (nSPS) is 10.6. The molecule has 0 N–H and O–H groups in total. The van der Waals surface area contributed by atoms with E-state index >= 15 is 0 Å². The lowest BCUT2D eigenvalue weighted by Crippen LogP contribution is -1.84. The van der Waals surface area contributed by atoms with Crippen molar-refractivity contribution in [3.05, 3.63) is 35.4 Å². The van der Waals surface area contributed by atoms with Crippen LogP contribution in [-0.4, -0.2) is 14.8 Å². The smallest absolute Gasteiger partial charge is 0.130 e. The van der Waals surface area contributed by atoms with Crippen LogP contribution in [0.15, 0.2) is 34.4 Å². The molecule has 2 aromatic heterocycles. The highest BCUT2D eigenvalue weighted by Crippen LogP contribution is 2.30. The van der Waals surface area contributed by atoms with Crippen molar-refractivity contribution in [3.8, 4) is 0 Å². The van der Waals surface area contributed by atoms with E-state index in [4.69, 9.17) is 11.6 Å². The highest BCUT2D eigenvalue weighted by Gasteiger charge is 2.04. The van der Waals surface area contributed by atoms with Crippen molar-refractivity contribution >= 4 is 23.4 Å². The first-order valence-electron chi connectivity index (χ1n) is 4.44. The van der Waals surface area contributed by atoms with Crippen LogP contribution in [0.4, 0.5) is 0 Å². The van der Waals surface area contributed by atoms with Gasteiger partial charge in [0.25, 0.3) is 0 Å². The van der Waals surface area contributed by atoms with Crippen LogP contribution >= 0.6 is 23.4 Å². The first kappa shape index (κ1) is 10.5. The van der Waals surface area contributed by atoms with E-state index in [0.717, 1.165) is 15.4 Å². The zero-order valence-corrected chi connectivity index (χ0v) is 10.0. The minimum absolute atomic E-state index is 0.520. The zero-order chi connectivity index (χ0) is 10.8. The van der Waals surface area contributed by atoms with Gasteiger partial charge in [0.15, 0.2) is 0 Å². The van der Waals surface area contributed by atoms with Gasteiger partial charge in [-0.3, -0.25) is 4.68 Å². The molecule has 0 saturated heterocycles. The van der Waals surface area contributed by atoms with Crippen LogP contribution in [0.1, 0.15) is 5.56 Å². The molecule has 0 amide bonds. The Morgan fingerprint density at radius 1 is 1.40 bits per heavy atom. The third-order valence-corrected chi connectivity index (χ3v) is 3.24. The maximum atomic E-state index is 5.84. The molecule has 2 rings (SSSR count). The monoisotopic (exact) mass is 239 g/mol. The molecule has 2 aromatic rings. The van der Waals surface area contributed by atoms with Crippen LogP contribution in [0.2, 0.25) is 5.15 Å². The van der Waals surface area contributed by atoms with E-state index < -0.39 is 0 Å². The van der Waals surface area contributed by atoms with E-state index in [1.165, 1.54) is 0 Å². The van der Waals surface area contributed by atoms with Gasteiger partial charge >= 0.3 is 0 Å². The van der Waals surface area contributed by atoms with Crippen molar-refractivity contribution in [3.63, 3.8) is 0 Å². The fraction of sp³-hybridized carbons (Fsp3) is 0.200. The van der Waals surface area contributed by atoms with Crippen molar-refractivity contribution in [1.29, 1.82) is 0 Å². The lowest BCUT2D eigenvalue weighted by atomic mass is 10.3. The number of hydrogen-bond donors (Lipinski definition) is 0. The first-order valence-corrected chi connectivity index (χ1v) is 5.63. The molecule has 0 atom stereocenters. The number of pyridine rings is 1. The van der Waals surface area contributed by atoms with E-state index in [1.54, 1.807) is 22.6 Å². The second-order valence-corrected chi connectivity index (χ2v) is 4.73. The quantitative estimate of drug-likeness (QED) is 0.755. The summed E-state index contributed by atoms with van der Waals surface area (Å²) in [5.74, 6) is 0. The second kappa shape index (κ2) is 4.24. The molecule has 0 spiro atoms. The summed E-state index contributed by atoms with van der Waals surface area (Å²) in [6, 6.07) is 1.87. The van der Waals surface area contributed by atoms with Gasteiger partial charge in [-0.2, -0.15) is 5.10 Å². The van der Waals surface area contributed by atoms with Gasteiger partial charge in [-0.05, 0) is 18.6 Å². The van der Waals surface area contributed by atoms with Crippen LogP contribution in [0.25, 0.3) is 0 Å². The Morgan fingerprint density at radius 3 is 2.87 bits per heavy atom. The zero-order valence-electron chi connectivity index (χ0n) is 8.44. The molecule has 0 saturated carbocycles. The Kier molecular flexibility index (Phi) is 2.98. The summed E-state index contributed by atoms with van der Waals surface area (Å²) in [6.07, 6.45) is 5.58. The number of rotatable bonds is 2. The fourth-order valence-electron chi connectivity index (χ4n) is 1.17. The van der Waals surface area contributed by atoms with Crippen LogP contribution in [0, 0.1) is 6.92 Å². The topological polar surface area (TPSA) is 30.7 Å². The van der Waals surface area contributed by atoms with Crippen molar-refractivity contribution in [2.45, 2.75) is 16.7 Å². The molecule has 3 nitrogen and oxygen atoms in total. The minimum atomic E-state index is 0.520. The number of aromatic nitrogens is 3. The molecular formula is C10H10ClN3S. The molecule has 0 bridgehead atoms. The SMILES string of the molecule is Cc1cnc(Cl)cc1Sc1cnn(C)c1. The molecule has 0 aliphatic heterocycles. The average molecular weight is 240 g/mol. The molecule has 78 valence electrons. The molecule has 0 radical (unpaired) electrons. The third-order valence-electron chi connectivity index (χ3n) is 1.93. The van der Waals surface area contributed by atoms with Gasteiger partial charge in [0.1, 0.15) is 5.15 Å². The Balaban J connectivity index is 2.27. The summed E-state index contributed by atoms with van der Waals surface area (Å²) in [4.78, 5) is 6.23. The summed E-state index contributed by atoms with van der Waals surface area (Å²) in [5.41, 5.74) is 1.12. The lowest BCUT2D eigenvalue weighted by molar-refractivity contribution is 0.766. The van der Waals surface area contributed by atoms with Gasteiger partial charge < -0.3 is 0 Å². The number of aryl methyl sites for hydroxylation is 2. The molecule has 0 aromatic carbocycles. The summed E-state index contributed by atoms with van der Waals surface area (Å²) in [6.45, 7) is 2.02. The van der Waals surface area contributed by atoms with E-state index in [1.807, 2.05) is 32.4 Å². The van der Waals surface area contributed by atoms with E-state index in [2.05, 4.69) is 10.1 Å². The van der Waals surface area contributed by atoms with E-state index in [-0.39, 0.29) is 0 Å². The van der Waals surface area contributed by atoms with Gasteiger partial charge in [0, 0.05) is 24.3 Å². The van der Waals surface area contributed by atoms with Crippen molar-refractivity contribution < 1.29 is 0 Å². The van der Waals surface area contributed by atoms with Crippen molar-refractivity contribution in [2.75, 3.05) is 0 Å². The van der Waals surface area contributed by atoms with E-state index in [0.29, 0.717) is 5.15 Å². The summed E-state index contributed by atoms with van der Waals surface area (Å²) in [7, 11) is 1.90. The standard InChI is InChI=1S/C10H10ClN3S/c1-7-4-12-10(11)3-9(7)15-8-5-13-14(2)6-8/h3-6H,1-2H3. The van der Waals surface area contributed by atoms with Crippen molar-refractivity contribution in [2.24, 2.45) is 7.05 Å². The summed E-state index contributed by atoms with van der Waals surface area (Å²) in [5, 5.41) is 4.63. The van der Waals surface area contributed by atoms with Gasteiger partial charge in [-0.25, -0.2) is 4.98 Å². The summed E-state index contributed by atoms with van der Waals surface area (Å²) >= 11 is 7.48. The summed E-state index contributed by atoms with van der Waals surface area (Å²) < 4.78 is 1.78. The number of nitrogens with zero attached hydrogens (tertiary/aromatic N) is 3. The predicted molar refractivity (Wildman–Crippen MR) is 61.3 cm³/mol. The molecular weight excluding hydrogens is 230 g/mol. The largest absolute Gasteiger partial charge is 0.275 e. The first-order chi connectivity index (χ1) is 7.15. The highest BCUT2D eigenvalue weighted by molar-refractivity contribution is 7.99. The Labute approximate surface area is 97.5 Å². The predicted octanol–water partition coefficient (Wildman–Crippen LogP) is 2.93. The molecule has 0 unspecified atom stereocenters. The molecule has 0 fully saturated rings. The van der Waals surface area contributed by atoms with Crippen LogP contribution < -0.4 is 0 Å². The highest BCUT2D eigenvalue weighted by atomic mass is 35.5. The minimum Gasteiger partial charge on any atom is -0.275 e. The van der Waals surface area contributed by atoms with Crippen LogP contribution in [-0.2, 0) is 7.05 Å². The van der Waals surface area contributed by atoms with Crippen molar-refractivity contribution in [1.82, 2.24) is 14.8 Å². The van der Waals surface area contributed by atoms with Gasteiger partial charge in [0.2, 0.25) is 0 Å². The van der Waals surface area contributed by atoms with Gasteiger partial charge in [0.05, 0.1) is 11.1 Å². The Morgan fingerprint density at radius 2 is 2.20 bits per heavy atom. The lowest BCUT2D eigenvalue weighted by Gasteiger charge is -2.02. The number of halogens is 1.